The van der Waals surface area contributed by atoms with Gasteiger partial charge in [-0.1, -0.05) is 12.1 Å². The van der Waals surface area contributed by atoms with E-state index in [-0.39, 0.29) is 5.56 Å². The minimum atomic E-state index is 0.00381. The maximum Gasteiger partial charge on any atom is 0.276 e. The number of hydrogen-bond acceptors (Lipinski definition) is 4. The molecule has 6 nitrogen and oxygen atoms in total. The molecule has 28 heavy (non-hydrogen) atoms. The first-order valence-corrected chi connectivity index (χ1v) is 10.1. The van der Waals surface area contributed by atoms with Crippen molar-refractivity contribution in [2.24, 2.45) is 0 Å². The molecule has 6 heteroatoms. The van der Waals surface area contributed by atoms with Crippen molar-refractivity contribution in [1.29, 1.82) is 0 Å². The maximum atomic E-state index is 13.1. The summed E-state index contributed by atoms with van der Waals surface area (Å²) in [7, 11) is 0. The second kappa shape index (κ2) is 7.09. The Bertz CT molecular complexity index is 1040. The number of nitrogens with zero attached hydrogens (tertiary/aromatic N) is 3. The van der Waals surface area contributed by atoms with E-state index in [1.807, 2.05) is 46.4 Å². The van der Waals surface area contributed by atoms with E-state index < -0.39 is 0 Å². The Labute approximate surface area is 163 Å². The molecule has 1 saturated carbocycles. The second-order valence-corrected chi connectivity index (χ2v) is 7.88. The molecule has 2 aliphatic rings. The molecule has 0 atom stereocenters. The minimum Gasteiger partial charge on any atom is -0.490 e. The molecule has 0 N–H and O–H groups in total. The van der Waals surface area contributed by atoms with E-state index in [0.29, 0.717) is 24.1 Å². The zero-order chi connectivity index (χ0) is 19.1. The van der Waals surface area contributed by atoms with Crippen LogP contribution in [0.2, 0.25) is 0 Å². The van der Waals surface area contributed by atoms with Gasteiger partial charge in [0, 0.05) is 31.0 Å². The van der Waals surface area contributed by atoms with E-state index in [4.69, 9.17) is 9.47 Å². The number of hydrogen-bond donors (Lipinski definition) is 0. The Kier molecular flexibility index (Phi) is 4.43. The topological polar surface area (TPSA) is 57.8 Å². The third kappa shape index (κ3) is 3.33. The van der Waals surface area contributed by atoms with Crippen LogP contribution in [-0.2, 0) is 11.3 Å². The summed E-state index contributed by atoms with van der Waals surface area (Å²) in [6.45, 7) is 4.05. The first-order chi connectivity index (χ1) is 13.7. The van der Waals surface area contributed by atoms with Crippen LogP contribution in [0.5, 0.6) is 5.75 Å². The van der Waals surface area contributed by atoms with Gasteiger partial charge in [-0.05, 0) is 50.3 Å². The van der Waals surface area contributed by atoms with Gasteiger partial charge in [-0.25, -0.2) is 4.98 Å². The molecule has 2 fully saturated rings. The molecule has 3 aromatic rings. The number of imidazole rings is 1. The molecule has 0 spiro atoms. The molecule has 2 aromatic heterocycles. The van der Waals surface area contributed by atoms with Crippen molar-refractivity contribution in [3.63, 3.8) is 0 Å². The van der Waals surface area contributed by atoms with Gasteiger partial charge in [-0.2, -0.15) is 0 Å². The Morgan fingerprint density at radius 3 is 2.61 bits per heavy atom. The summed E-state index contributed by atoms with van der Waals surface area (Å²) in [5.41, 5.74) is 2.66. The summed E-state index contributed by atoms with van der Waals surface area (Å²) >= 11 is 0. The highest BCUT2D eigenvalue weighted by Gasteiger charge is 2.23. The monoisotopic (exact) mass is 379 g/mol. The average molecular weight is 379 g/mol. The molecule has 146 valence electrons. The van der Waals surface area contributed by atoms with E-state index in [0.717, 1.165) is 61.7 Å². The van der Waals surface area contributed by atoms with Crippen LogP contribution in [0, 0.1) is 6.92 Å². The van der Waals surface area contributed by atoms with Gasteiger partial charge in [0.05, 0.1) is 18.8 Å². The molecule has 5 rings (SSSR count). The number of fused-ring (bicyclic) bond motifs is 1. The lowest BCUT2D eigenvalue weighted by Crippen LogP contribution is -2.25. The molecule has 0 unspecified atom stereocenters. The smallest absolute Gasteiger partial charge is 0.276 e. The van der Waals surface area contributed by atoms with Crippen molar-refractivity contribution in [1.82, 2.24) is 14.0 Å². The van der Waals surface area contributed by atoms with Crippen LogP contribution in [-0.4, -0.2) is 33.3 Å². The first-order valence-electron chi connectivity index (χ1n) is 10.1. The molecule has 1 aliphatic heterocycles. The zero-order valence-electron chi connectivity index (χ0n) is 16.1. The van der Waals surface area contributed by atoms with Crippen LogP contribution in [0.4, 0.5) is 0 Å². The van der Waals surface area contributed by atoms with E-state index in [1.165, 1.54) is 0 Å². The van der Waals surface area contributed by atoms with Crippen LogP contribution in [0.15, 0.2) is 41.5 Å². The van der Waals surface area contributed by atoms with Crippen LogP contribution in [0.1, 0.15) is 48.7 Å². The standard InChI is InChI=1S/C22H25N3O3/c1-15-13-25-20(12-23-21(25)17-8-10-27-11-9-17)22(26)24(15)14-16-2-4-18(5-3-16)28-19-6-7-19/h2-5,12-13,17,19H,6-11,14H2,1H3. The fourth-order valence-corrected chi connectivity index (χ4v) is 3.91. The van der Waals surface area contributed by atoms with Gasteiger partial charge in [0.15, 0.2) is 0 Å². The minimum absolute atomic E-state index is 0.00381. The van der Waals surface area contributed by atoms with Crippen LogP contribution in [0.25, 0.3) is 5.52 Å². The molecular weight excluding hydrogens is 354 g/mol. The number of ether oxygens (including phenoxy) is 2. The van der Waals surface area contributed by atoms with Crippen LogP contribution >= 0.6 is 0 Å². The van der Waals surface area contributed by atoms with Crippen molar-refractivity contribution < 1.29 is 9.47 Å². The Morgan fingerprint density at radius 2 is 1.89 bits per heavy atom. The third-order valence-electron chi connectivity index (χ3n) is 5.71. The highest BCUT2D eigenvalue weighted by molar-refractivity contribution is 5.45. The van der Waals surface area contributed by atoms with Gasteiger partial charge >= 0.3 is 0 Å². The van der Waals surface area contributed by atoms with Gasteiger partial charge in [0.25, 0.3) is 5.56 Å². The van der Waals surface area contributed by atoms with Gasteiger partial charge in [0.2, 0.25) is 0 Å². The van der Waals surface area contributed by atoms with E-state index in [1.54, 1.807) is 6.20 Å². The quantitative estimate of drug-likeness (QED) is 0.683. The third-order valence-corrected chi connectivity index (χ3v) is 5.71. The summed E-state index contributed by atoms with van der Waals surface area (Å²) in [6.07, 6.45) is 8.36. The van der Waals surface area contributed by atoms with Crippen molar-refractivity contribution in [3.05, 3.63) is 64.1 Å². The van der Waals surface area contributed by atoms with Gasteiger partial charge in [0.1, 0.15) is 17.1 Å². The van der Waals surface area contributed by atoms with E-state index >= 15 is 0 Å². The Morgan fingerprint density at radius 1 is 1.14 bits per heavy atom. The first kappa shape index (κ1) is 17.5. The molecule has 1 aliphatic carbocycles. The molecule has 1 saturated heterocycles. The largest absolute Gasteiger partial charge is 0.490 e. The lowest BCUT2D eigenvalue weighted by molar-refractivity contribution is 0.0835. The van der Waals surface area contributed by atoms with Crippen molar-refractivity contribution in [3.8, 4) is 5.75 Å². The highest BCUT2D eigenvalue weighted by atomic mass is 16.5. The molecule has 0 bridgehead atoms. The van der Waals surface area contributed by atoms with Gasteiger partial charge < -0.3 is 14.0 Å². The summed E-state index contributed by atoms with van der Waals surface area (Å²) < 4.78 is 15.1. The fraction of sp³-hybridized carbons (Fsp3) is 0.455. The second-order valence-electron chi connectivity index (χ2n) is 7.88. The lowest BCUT2D eigenvalue weighted by atomic mass is 10.00. The summed E-state index contributed by atoms with van der Waals surface area (Å²) in [6, 6.07) is 8.07. The number of aromatic nitrogens is 3. The molecule has 0 radical (unpaired) electrons. The van der Waals surface area contributed by atoms with E-state index in [9.17, 15) is 4.79 Å². The summed E-state index contributed by atoms with van der Waals surface area (Å²) in [4.78, 5) is 17.7. The molecule has 0 amide bonds. The number of benzene rings is 1. The SMILES string of the molecule is Cc1cn2c(C3CCOCC3)ncc2c(=O)n1Cc1ccc(OC2CC2)cc1. The lowest BCUT2D eigenvalue weighted by Gasteiger charge is -2.21. The molecular formula is C22H25N3O3. The molecule has 3 heterocycles. The normalized spacial score (nSPS) is 17.9. The van der Waals surface area contributed by atoms with E-state index in [2.05, 4.69) is 4.98 Å². The predicted molar refractivity (Wildman–Crippen MR) is 106 cm³/mol. The number of rotatable bonds is 5. The fourth-order valence-electron chi connectivity index (χ4n) is 3.91. The molecule has 1 aromatic carbocycles. The van der Waals surface area contributed by atoms with Crippen molar-refractivity contribution in [2.75, 3.05) is 13.2 Å². The summed E-state index contributed by atoms with van der Waals surface area (Å²) in [5, 5.41) is 0. The predicted octanol–water partition coefficient (Wildman–Crippen LogP) is 3.29. The van der Waals surface area contributed by atoms with Crippen molar-refractivity contribution >= 4 is 5.52 Å². The van der Waals surface area contributed by atoms with Crippen molar-refractivity contribution in [2.45, 2.75) is 51.2 Å². The maximum absolute atomic E-state index is 13.1. The van der Waals surface area contributed by atoms with Crippen LogP contribution < -0.4 is 10.3 Å². The van der Waals surface area contributed by atoms with Gasteiger partial charge in [-0.3, -0.25) is 9.20 Å². The average Bonchev–Trinajstić information content (AvgIpc) is 3.43. The zero-order valence-corrected chi connectivity index (χ0v) is 16.1. The Balaban J connectivity index is 1.43. The number of aryl methyl sites for hydroxylation is 1. The Hall–Kier alpha value is -2.60. The summed E-state index contributed by atoms with van der Waals surface area (Å²) in [5.74, 6) is 2.24. The highest BCUT2D eigenvalue weighted by Crippen LogP contribution is 2.27. The van der Waals surface area contributed by atoms with Gasteiger partial charge in [-0.15, -0.1) is 0 Å². The van der Waals surface area contributed by atoms with Crippen LogP contribution in [0.3, 0.4) is 0 Å².